The van der Waals surface area contributed by atoms with E-state index in [9.17, 15) is 9.18 Å². The monoisotopic (exact) mass is 345 g/mol. The molecule has 1 atom stereocenters. The first kappa shape index (κ1) is 17.0. The van der Waals surface area contributed by atoms with Gasteiger partial charge in [-0.05, 0) is 17.7 Å². The van der Waals surface area contributed by atoms with Gasteiger partial charge >= 0.3 is 0 Å². The van der Waals surface area contributed by atoms with E-state index >= 15 is 0 Å². The first-order chi connectivity index (χ1) is 11.7. The summed E-state index contributed by atoms with van der Waals surface area (Å²) in [6.07, 6.45) is 0.337. The summed E-state index contributed by atoms with van der Waals surface area (Å²) in [4.78, 5) is 14.9. The van der Waals surface area contributed by atoms with E-state index in [4.69, 9.17) is 4.74 Å². The number of morpholine rings is 1. The highest BCUT2D eigenvalue weighted by atomic mass is 32.2. The number of carbonyl (C=O) groups is 1. The van der Waals surface area contributed by atoms with Gasteiger partial charge in [-0.25, -0.2) is 4.39 Å². The molecular weight excluding hydrogens is 325 g/mol. The number of nitrogens with zero attached hydrogens (tertiary/aromatic N) is 1. The van der Waals surface area contributed by atoms with Crippen molar-refractivity contribution >= 4 is 17.7 Å². The number of hydrogen-bond donors (Lipinski definition) is 0. The predicted molar refractivity (Wildman–Crippen MR) is 93.5 cm³/mol. The van der Waals surface area contributed by atoms with Crippen molar-refractivity contribution in [1.29, 1.82) is 0 Å². The molecule has 1 saturated heterocycles. The van der Waals surface area contributed by atoms with E-state index in [1.165, 1.54) is 17.8 Å². The van der Waals surface area contributed by atoms with Crippen LogP contribution in [0.5, 0.6) is 0 Å². The van der Waals surface area contributed by atoms with E-state index in [-0.39, 0.29) is 17.8 Å². The molecule has 0 spiro atoms. The molecule has 0 saturated carbocycles. The molecule has 1 amide bonds. The molecule has 1 heterocycles. The van der Waals surface area contributed by atoms with E-state index < -0.39 is 0 Å². The Hall–Kier alpha value is -1.85. The van der Waals surface area contributed by atoms with Gasteiger partial charge in [0, 0.05) is 23.6 Å². The molecule has 0 radical (unpaired) electrons. The lowest BCUT2D eigenvalue weighted by Crippen LogP contribution is -2.42. The second kappa shape index (κ2) is 8.31. The fourth-order valence-corrected chi connectivity index (χ4v) is 3.59. The van der Waals surface area contributed by atoms with Crippen LogP contribution in [-0.4, -0.2) is 36.3 Å². The lowest BCUT2D eigenvalue weighted by atomic mass is 10.1. The van der Waals surface area contributed by atoms with Crippen molar-refractivity contribution in [2.75, 3.05) is 25.4 Å². The molecule has 126 valence electrons. The zero-order valence-corrected chi connectivity index (χ0v) is 14.2. The van der Waals surface area contributed by atoms with Crippen LogP contribution in [0.25, 0.3) is 0 Å². The number of halogens is 1. The molecule has 2 aromatic rings. The number of amides is 1. The maximum Gasteiger partial charge on any atom is 0.223 e. The Morgan fingerprint density at radius 1 is 1.17 bits per heavy atom. The zero-order chi connectivity index (χ0) is 16.8. The molecule has 2 aromatic carbocycles. The normalized spacial score (nSPS) is 17.7. The van der Waals surface area contributed by atoms with Crippen LogP contribution in [0.15, 0.2) is 59.5 Å². The largest absolute Gasteiger partial charge is 0.370 e. The van der Waals surface area contributed by atoms with Gasteiger partial charge in [0.05, 0.1) is 13.2 Å². The van der Waals surface area contributed by atoms with Crippen LogP contribution in [0, 0.1) is 5.82 Å². The molecule has 0 bridgehead atoms. The van der Waals surface area contributed by atoms with Crippen molar-refractivity contribution in [3.8, 4) is 0 Å². The van der Waals surface area contributed by atoms with Crippen molar-refractivity contribution in [3.63, 3.8) is 0 Å². The smallest absolute Gasteiger partial charge is 0.223 e. The molecule has 5 heteroatoms. The number of thioether (sulfide) groups is 1. The number of carbonyl (C=O) groups excluding carboxylic acids is 1. The van der Waals surface area contributed by atoms with Crippen LogP contribution in [0.4, 0.5) is 4.39 Å². The molecule has 3 nitrogen and oxygen atoms in total. The summed E-state index contributed by atoms with van der Waals surface area (Å²) in [5, 5.41) is 0. The summed E-state index contributed by atoms with van der Waals surface area (Å²) >= 11 is 1.38. The maximum atomic E-state index is 13.6. The van der Waals surface area contributed by atoms with E-state index in [1.54, 1.807) is 18.2 Å². The fourth-order valence-electron chi connectivity index (χ4n) is 2.71. The standard InChI is InChI=1S/C19H20FNO2S/c20-16-8-4-5-9-18(16)24-13-10-19(22)21-11-12-23-17(14-21)15-6-2-1-3-7-15/h1-9,17H,10-14H2. The highest BCUT2D eigenvalue weighted by Gasteiger charge is 2.24. The summed E-state index contributed by atoms with van der Waals surface area (Å²) in [5.41, 5.74) is 1.09. The fraction of sp³-hybridized carbons (Fsp3) is 0.316. The molecule has 1 fully saturated rings. The summed E-state index contributed by atoms with van der Waals surface area (Å²) in [6, 6.07) is 16.6. The third-order valence-electron chi connectivity index (χ3n) is 4.00. The van der Waals surface area contributed by atoms with Crippen molar-refractivity contribution in [2.45, 2.75) is 17.4 Å². The van der Waals surface area contributed by atoms with Gasteiger partial charge in [-0.2, -0.15) is 0 Å². The Morgan fingerprint density at radius 2 is 1.92 bits per heavy atom. The van der Waals surface area contributed by atoms with Crippen molar-refractivity contribution in [3.05, 3.63) is 66.0 Å². The third-order valence-corrected chi connectivity index (χ3v) is 5.05. The Morgan fingerprint density at radius 3 is 2.71 bits per heavy atom. The molecule has 0 N–H and O–H groups in total. The highest BCUT2D eigenvalue weighted by molar-refractivity contribution is 7.99. The Kier molecular flexibility index (Phi) is 5.88. The highest BCUT2D eigenvalue weighted by Crippen LogP contribution is 2.24. The van der Waals surface area contributed by atoms with Gasteiger partial charge in [0.25, 0.3) is 0 Å². The van der Waals surface area contributed by atoms with E-state index in [1.807, 2.05) is 35.2 Å². The van der Waals surface area contributed by atoms with Gasteiger partial charge in [0.2, 0.25) is 5.91 Å². The topological polar surface area (TPSA) is 29.5 Å². The summed E-state index contributed by atoms with van der Waals surface area (Å²) < 4.78 is 19.4. The Labute approximate surface area is 145 Å². The maximum absolute atomic E-state index is 13.6. The van der Waals surface area contributed by atoms with E-state index in [0.717, 1.165) is 5.56 Å². The second-order valence-electron chi connectivity index (χ2n) is 5.64. The van der Waals surface area contributed by atoms with Crippen LogP contribution < -0.4 is 0 Å². The van der Waals surface area contributed by atoms with Crippen molar-refractivity contribution in [1.82, 2.24) is 4.90 Å². The van der Waals surface area contributed by atoms with Gasteiger partial charge in [-0.15, -0.1) is 11.8 Å². The first-order valence-electron chi connectivity index (χ1n) is 8.05. The SMILES string of the molecule is O=C(CCSc1ccccc1F)N1CCOC(c2ccccc2)C1. The van der Waals surface area contributed by atoms with Gasteiger partial charge < -0.3 is 9.64 Å². The molecular formula is C19H20FNO2S. The molecule has 3 rings (SSSR count). The molecule has 24 heavy (non-hydrogen) atoms. The number of ether oxygens (including phenoxy) is 1. The van der Waals surface area contributed by atoms with Crippen LogP contribution in [0.1, 0.15) is 18.1 Å². The predicted octanol–water partition coefficient (Wildman–Crippen LogP) is 3.91. The quantitative estimate of drug-likeness (QED) is 0.770. The average Bonchev–Trinajstić information content (AvgIpc) is 2.64. The molecule has 0 aromatic heterocycles. The minimum atomic E-state index is -0.231. The zero-order valence-electron chi connectivity index (χ0n) is 13.4. The Balaban J connectivity index is 1.50. The number of rotatable bonds is 5. The minimum absolute atomic E-state index is 0.0666. The Bertz CT molecular complexity index is 680. The number of benzene rings is 2. The molecule has 1 aliphatic rings. The second-order valence-corrected chi connectivity index (χ2v) is 6.78. The van der Waals surface area contributed by atoms with E-state index in [0.29, 0.717) is 36.8 Å². The van der Waals surface area contributed by atoms with Gasteiger partial charge in [0.1, 0.15) is 11.9 Å². The lowest BCUT2D eigenvalue weighted by Gasteiger charge is -2.33. The molecule has 1 unspecified atom stereocenters. The summed E-state index contributed by atoms with van der Waals surface area (Å²) in [6.45, 7) is 1.74. The van der Waals surface area contributed by atoms with Crippen LogP contribution >= 0.6 is 11.8 Å². The van der Waals surface area contributed by atoms with Crippen molar-refractivity contribution in [2.24, 2.45) is 0 Å². The summed E-state index contributed by atoms with van der Waals surface area (Å²) in [7, 11) is 0. The van der Waals surface area contributed by atoms with Gasteiger partial charge in [-0.1, -0.05) is 42.5 Å². The van der Waals surface area contributed by atoms with Crippen LogP contribution in [0.2, 0.25) is 0 Å². The van der Waals surface area contributed by atoms with Crippen LogP contribution in [-0.2, 0) is 9.53 Å². The van der Waals surface area contributed by atoms with Crippen LogP contribution in [0.3, 0.4) is 0 Å². The van der Waals surface area contributed by atoms with E-state index in [2.05, 4.69) is 0 Å². The van der Waals surface area contributed by atoms with Crippen molar-refractivity contribution < 1.29 is 13.9 Å². The molecule has 0 aliphatic carbocycles. The molecule has 1 aliphatic heterocycles. The van der Waals surface area contributed by atoms with Gasteiger partial charge in [-0.3, -0.25) is 4.79 Å². The summed E-state index contributed by atoms with van der Waals surface area (Å²) in [5.74, 6) is 0.446. The average molecular weight is 345 g/mol. The lowest BCUT2D eigenvalue weighted by molar-refractivity contribution is -0.138. The number of hydrogen-bond acceptors (Lipinski definition) is 3. The minimum Gasteiger partial charge on any atom is -0.370 e. The first-order valence-corrected chi connectivity index (χ1v) is 9.04. The third kappa shape index (κ3) is 4.36. The van der Waals surface area contributed by atoms with Gasteiger partial charge in [0.15, 0.2) is 0 Å².